The lowest BCUT2D eigenvalue weighted by atomic mass is 10.1. The molecular formula is C13H22NOP. The predicted molar refractivity (Wildman–Crippen MR) is 71.8 cm³/mol. The second-order valence-electron chi connectivity index (χ2n) is 4.81. The zero-order valence-corrected chi connectivity index (χ0v) is 11.4. The molecule has 0 aromatic heterocycles. The Kier molecular flexibility index (Phi) is 5.24. The minimum absolute atomic E-state index is 0.841. The molecule has 0 aliphatic carbocycles. The van der Waals surface area contributed by atoms with Crippen molar-refractivity contribution in [2.24, 2.45) is 0 Å². The maximum Gasteiger partial charge on any atom is 0.0819 e. The SMILES string of the molecule is Cc1ccc(CNCCCP(C)(C)=O)cc1. The Morgan fingerprint density at radius 2 is 1.81 bits per heavy atom. The van der Waals surface area contributed by atoms with Gasteiger partial charge in [-0.25, -0.2) is 0 Å². The molecule has 0 radical (unpaired) electrons. The van der Waals surface area contributed by atoms with Crippen LogP contribution in [0.15, 0.2) is 24.3 Å². The van der Waals surface area contributed by atoms with E-state index in [0.717, 1.165) is 25.7 Å². The molecule has 0 atom stereocenters. The number of aryl methyl sites for hydroxylation is 1. The quantitative estimate of drug-likeness (QED) is 0.610. The molecule has 3 heteroatoms. The molecule has 16 heavy (non-hydrogen) atoms. The van der Waals surface area contributed by atoms with Gasteiger partial charge in [0.25, 0.3) is 0 Å². The Bertz CT molecular complexity index is 353. The van der Waals surface area contributed by atoms with E-state index in [1.54, 1.807) is 0 Å². The van der Waals surface area contributed by atoms with E-state index in [2.05, 4.69) is 36.5 Å². The first kappa shape index (κ1) is 13.5. The van der Waals surface area contributed by atoms with Crippen molar-refractivity contribution in [3.05, 3.63) is 35.4 Å². The highest BCUT2D eigenvalue weighted by atomic mass is 31.2. The average Bonchev–Trinajstić information content (AvgIpc) is 2.19. The van der Waals surface area contributed by atoms with Crippen LogP contribution in [0.1, 0.15) is 17.5 Å². The third kappa shape index (κ3) is 6.09. The minimum atomic E-state index is -1.82. The molecule has 0 heterocycles. The predicted octanol–water partition coefficient (Wildman–Crippen LogP) is 3.10. The summed E-state index contributed by atoms with van der Waals surface area (Å²) in [6.07, 6.45) is 1.84. The summed E-state index contributed by atoms with van der Waals surface area (Å²) in [5, 5.41) is 3.37. The van der Waals surface area contributed by atoms with Crippen molar-refractivity contribution >= 4 is 7.14 Å². The van der Waals surface area contributed by atoms with Crippen molar-refractivity contribution in [3.63, 3.8) is 0 Å². The lowest BCUT2D eigenvalue weighted by Gasteiger charge is -2.07. The third-order valence-electron chi connectivity index (χ3n) is 2.50. The largest absolute Gasteiger partial charge is 0.324 e. The highest BCUT2D eigenvalue weighted by Crippen LogP contribution is 2.35. The number of nitrogens with one attached hydrogen (secondary N) is 1. The van der Waals surface area contributed by atoms with E-state index in [0.29, 0.717) is 0 Å². The second kappa shape index (κ2) is 6.22. The number of hydrogen-bond acceptors (Lipinski definition) is 2. The van der Waals surface area contributed by atoms with Gasteiger partial charge in [0.05, 0.1) is 7.14 Å². The van der Waals surface area contributed by atoms with E-state index < -0.39 is 7.14 Å². The summed E-state index contributed by atoms with van der Waals surface area (Å²) in [5.41, 5.74) is 2.60. The summed E-state index contributed by atoms with van der Waals surface area (Å²) in [7, 11) is -1.82. The van der Waals surface area contributed by atoms with Gasteiger partial charge in [-0.05, 0) is 38.8 Å². The summed E-state index contributed by atoms with van der Waals surface area (Å²) in [6.45, 7) is 7.65. The molecule has 0 saturated heterocycles. The van der Waals surface area contributed by atoms with Gasteiger partial charge in [-0.3, -0.25) is 0 Å². The molecule has 0 bridgehead atoms. The fourth-order valence-corrected chi connectivity index (χ4v) is 2.44. The first-order valence-electron chi connectivity index (χ1n) is 5.78. The van der Waals surface area contributed by atoms with Crippen LogP contribution >= 0.6 is 7.14 Å². The highest BCUT2D eigenvalue weighted by molar-refractivity contribution is 7.62. The van der Waals surface area contributed by atoms with Gasteiger partial charge >= 0.3 is 0 Å². The first-order chi connectivity index (χ1) is 7.47. The monoisotopic (exact) mass is 239 g/mol. The fourth-order valence-electron chi connectivity index (χ4n) is 1.52. The van der Waals surface area contributed by atoms with Crippen LogP contribution in [0.3, 0.4) is 0 Å². The Labute approximate surface area is 98.8 Å². The lowest BCUT2D eigenvalue weighted by molar-refractivity contribution is 0.578. The van der Waals surface area contributed by atoms with Crippen LogP contribution in [0.25, 0.3) is 0 Å². The molecular weight excluding hydrogens is 217 g/mol. The molecule has 0 fully saturated rings. The van der Waals surface area contributed by atoms with Crippen molar-refractivity contribution in [1.82, 2.24) is 5.32 Å². The van der Waals surface area contributed by atoms with Crippen molar-refractivity contribution in [2.75, 3.05) is 26.0 Å². The van der Waals surface area contributed by atoms with E-state index in [1.807, 2.05) is 13.3 Å². The standard InChI is InChI=1S/C13H22NOP/c1-12-5-7-13(8-6-12)11-14-9-4-10-16(2,3)15/h5-8,14H,4,9-11H2,1-3H3. The molecule has 2 nitrogen and oxygen atoms in total. The summed E-state index contributed by atoms with van der Waals surface area (Å²) >= 11 is 0. The fraction of sp³-hybridized carbons (Fsp3) is 0.538. The molecule has 1 rings (SSSR count). The molecule has 0 aliphatic heterocycles. The van der Waals surface area contributed by atoms with Gasteiger partial charge in [-0.1, -0.05) is 29.8 Å². The van der Waals surface area contributed by atoms with Gasteiger partial charge in [0, 0.05) is 12.7 Å². The molecule has 0 spiro atoms. The Morgan fingerprint density at radius 1 is 1.19 bits per heavy atom. The van der Waals surface area contributed by atoms with Crippen molar-refractivity contribution in [2.45, 2.75) is 19.9 Å². The smallest absolute Gasteiger partial charge is 0.0819 e. The zero-order chi connectivity index (χ0) is 12.0. The number of rotatable bonds is 6. The summed E-state index contributed by atoms with van der Waals surface area (Å²) < 4.78 is 11.5. The molecule has 0 amide bonds. The summed E-state index contributed by atoms with van der Waals surface area (Å²) in [6, 6.07) is 8.55. The van der Waals surface area contributed by atoms with Crippen LogP contribution in [-0.2, 0) is 11.1 Å². The van der Waals surface area contributed by atoms with Crippen LogP contribution < -0.4 is 5.32 Å². The van der Waals surface area contributed by atoms with Gasteiger partial charge in [0.2, 0.25) is 0 Å². The van der Waals surface area contributed by atoms with Crippen LogP contribution in [0, 0.1) is 6.92 Å². The van der Waals surface area contributed by atoms with Crippen LogP contribution in [0.4, 0.5) is 0 Å². The first-order valence-corrected chi connectivity index (χ1v) is 8.56. The van der Waals surface area contributed by atoms with Gasteiger partial charge in [-0.2, -0.15) is 0 Å². The molecule has 1 aromatic carbocycles. The summed E-state index contributed by atoms with van der Waals surface area (Å²) in [5.74, 6) is 0. The topological polar surface area (TPSA) is 29.1 Å². The Balaban J connectivity index is 2.16. The Hall–Kier alpha value is -0.590. The summed E-state index contributed by atoms with van der Waals surface area (Å²) in [4.78, 5) is 0. The van der Waals surface area contributed by atoms with Gasteiger partial charge < -0.3 is 9.88 Å². The van der Waals surface area contributed by atoms with E-state index in [9.17, 15) is 4.57 Å². The van der Waals surface area contributed by atoms with Gasteiger partial charge in [0.1, 0.15) is 0 Å². The Morgan fingerprint density at radius 3 is 2.38 bits per heavy atom. The average molecular weight is 239 g/mol. The molecule has 1 N–H and O–H groups in total. The normalized spacial score (nSPS) is 11.7. The second-order valence-corrected chi connectivity index (χ2v) is 8.41. The van der Waals surface area contributed by atoms with Crippen molar-refractivity contribution < 1.29 is 4.57 Å². The maximum atomic E-state index is 11.5. The molecule has 0 unspecified atom stereocenters. The molecule has 90 valence electrons. The van der Waals surface area contributed by atoms with Gasteiger partial charge in [-0.15, -0.1) is 0 Å². The van der Waals surface area contributed by atoms with E-state index in [-0.39, 0.29) is 0 Å². The number of benzene rings is 1. The minimum Gasteiger partial charge on any atom is -0.324 e. The zero-order valence-electron chi connectivity index (χ0n) is 10.5. The lowest BCUT2D eigenvalue weighted by Crippen LogP contribution is -2.15. The molecule has 0 saturated carbocycles. The van der Waals surface area contributed by atoms with E-state index >= 15 is 0 Å². The van der Waals surface area contributed by atoms with Crippen molar-refractivity contribution in [1.29, 1.82) is 0 Å². The van der Waals surface area contributed by atoms with E-state index in [1.165, 1.54) is 11.1 Å². The van der Waals surface area contributed by atoms with E-state index in [4.69, 9.17) is 0 Å². The van der Waals surface area contributed by atoms with Gasteiger partial charge in [0.15, 0.2) is 0 Å². The van der Waals surface area contributed by atoms with Crippen molar-refractivity contribution in [3.8, 4) is 0 Å². The number of hydrogen-bond donors (Lipinski definition) is 1. The van der Waals surface area contributed by atoms with Crippen LogP contribution in [0.5, 0.6) is 0 Å². The third-order valence-corrected chi connectivity index (χ3v) is 3.89. The van der Waals surface area contributed by atoms with Crippen LogP contribution in [0.2, 0.25) is 0 Å². The highest BCUT2D eigenvalue weighted by Gasteiger charge is 2.05. The van der Waals surface area contributed by atoms with Crippen LogP contribution in [-0.4, -0.2) is 26.0 Å². The molecule has 1 aromatic rings. The molecule has 0 aliphatic rings. The maximum absolute atomic E-state index is 11.5.